The van der Waals surface area contributed by atoms with Crippen LogP contribution in [0.25, 0.3) is 5.65 Å². The van der Waals surface area contributed by atoms with E-state index in [2.05, 4.69) is 25.4 Å². The second kappa shape index (κ2) is 9.25. The van der Waals surface area contributed by atoms with Crippen molar-refractivity contribution < 1.29 is 14.4 Å². The molecule has 3 aromatic heterocycles. The first kappa shape index (κ1) is 22.2. The third kappa shape index (κ3) is 4.77. The van der Waals surface area contributed by atoms with Gasteiger partial charge < -0.3 is 24.9 Å². The van der Waals surface area contributed by atoms with Crippen molar-refractivity contribution in [1.82, 2.24) is 24.6 Å². The average Bonchev–Trinajstić information content (AvgIpc) is 3.20. The van der Waals surface area contributed by atoms with Crippen LogP contribution in [0.5, 0.6) is 17.4 Å². The maximum atomic E-state index is 11.2. The third-order valence-corrected chi connectivity index (χ3v) is 5.07. The highest BCUT2D eigenvalue weighted by atomic mass is 35.5. The number of fused-ring (bicyclic) bond motifs is 1. The molecule has 0 atom stereocenters. The van der Waals surface area contributed by atoms with Crippen molar-refractivity contribution >= 4 is 28.9 Å². The maximum absolute atomic E-state index is 11.2. The summed E-state index contributed by atoms with van der Waals surface area (Å²) in [6.45, 7) is 6.35. The smallest absolute Gasteiger partial charge is 0.368 e. The van der Waals surface area contributed by atoms with Crippen molar-refractivity contribution in [2.45, 2.75) is 27.3 Å². The van der Waals surface area contributed by atoms with E-state index in [0.717, 1.165) is 16.3 Å². The van der Waals surface area contributed by atoms with Crippen molar-refractivity contribution in [1.29, 1.82) is 0 Å². The van der Waals surface area contributed by atoms with Gasteiger partial charge in [0.2, 0.25) is 5.65 Å². The van der Waals surface area contributed by atoms with Crippen LogP contribution in [0, 0.1) is 24.0 Å². The summed E-state index contributed by atoms with van der Waals surface area (Å²) in [4.78, 5) is 23.2. The fourth-order valence-corrected chi connectivity index (χ4v) is 3.30. The van der Waals surface area contributed by atoms with Gasteiger partial charge in [0, 0.05) is 18.7 Å². The van der Waals surface area contributed by atoms with Gasteiger partial charge in [-0.05, 0) is 48.5 Å². The average molecular weight is 470 g/mol. The summed E-state index contributed by atoms with van der Waals surface area (Å²) in [6, 6.07) is 8.60. The molecule has 12 heteroatoms. The van der Waals surface area contributed by atoms with Crippen molar-refractivity contribution in [3.8, 4) is 17.4 Å². The summed E-state index contributed by atoms with van der Waals surface area (Å²) in [5.74, 6) is 2.01. The zero-order chi connectivity index (χ0) is 23.5. The maximum Gasteiger partial charge on any atom is 0.368 e. The fourth-order valence-electron chi connectivity index (χ4n) is 3.15. The molecule has 4 rings (SSSR count). The molecule has 0 aliphatic carbocycles. The molecular weight excluding hydrogens is 450 g/mol. The Balaban J connectivity index is 1.57. The Morgan fingerprint density at radius 2 is 2.00 bits per heavy atom. The van der Waals surface area contributed by atoms with Gasteiger partial charge in [-0.3, -0.25) is 0 Å². The lowest BCUT2D eigenvalue weighted by molar-refractivity contribution is -0.391. The number of benzene rings is 1. The van der Waals surface area contributed by atoms with Crippen LogP contribution in [0.2, 0.25) is 5.02 Å². The molecule has 0 radical (unpaired) electrons. The van der Waals surface area contributed by atoms with Crippen molar-refractivity contribution in [3.63, 3.8) is 0 Å². The summed E-state index contributed by atoms with van der Waals surface area (Å²) in [5.41, 5.74) is 1.95. The number of aryl methyl sites for hydroxylation is 2. The molecule has 33 heavy (non-hydrogen) atoms. The van der Waals surface area contributed by atoms with E-state index >= 15 is 0 Å². The van der Waals surface area contributed by atoms with Gasteiger partial charge in [-0.25, -0.2) is 15.0 Å². The number of hydrogen-bond donors (Lipinski definition) is 1. The zero-order valence-corrected chi connectivity index (χ0v) is 18.8. The SMILES string of the molecule is CCOc1cc(CNc2nc(C)nc(C)c2Cl)ccc1Oc1ccc2ncc([N+](=O)[O-])n2n1. The molecule has 0 spiro atoms. The normalized spacial score (nSPS) is 10.9. The molecule has 1 aromatic carbocycles. The van der Waals surface area contributed by atoms with Crippen LogP contribution in [-0.2, 0) is 6.54 Å². The lowest BCUT2D eigenvalue weighted by Gasteiger charge is -2.14. The number of hydrogen-bond acceptors (Lipinski definition) is 9. The Morgan fingerprint density at radius 3 is 2.76 bits per heavy atom. The molecule has 0 bridgehead atoms. The van der Waals surface area contributed by atoms with Gasteiger partial charge >= 0.3 is 5.82 Å². The van der Waals surface area contributed by atoms with Crippen molar-refractivity contribution in [3.05, 3.63) is 68.7 Å². The Labute approximate surface area is 193 Å². The van der Waals surface area contributed by atoms with Crippen LogP contribution >= 0.6 is 11.6 Å². The molecule has 0 saturated carbocycles. The van der Waals surface area contributed by atoms with Gasteiger partial charge in [-0.15, -0.1) is 0 Å². The molecule has 0 saturated heterocycles. The van der Waals surface area contributed by atoms with Crippen LogP contribution in [-0.4, -0.2) is 36.1 Å². The number of anilines is 1. The summed E-state index contributed by atoms with van der Waals surface area (Å²) < 4.78 is 12.7. The molecule has 0 fully saturated rings. The Bertz CT molecular complexity index is 1340. The predicted octanol–water partition coefficient (Wildman–Crippen LogP) is 4.50. The van der Waals surface area contributed by atoms with Crippen LogP contribution in [0.3, 0.4) is 0 Å². The molecule has 0 aliphatic rings. The number of aromatic nitrogens is 5. The molecule has 4 aromatic rings. The van der Waals surface area contributed by atoms with Crippen molar-refractivity contribution in [2.75, 3.05) is 11.9 Å². The first-order valence-corrected chi connectivity index (χ1v) is 10.4. The molecule has 3 heterocycles. The lowest BCUT2D eigenvalue weighted by Crippen LogP contribution is -2.06. The third-order valence-electron chi connectivity index (χ3n) is 4.62. The van der Waals surface area contributed by atoms with E-state index in [4.69, 9.17) is 21.1 Å². The molecule has 11 nitrogen and oxygen atoms in total. The van der Waals surface area contributed by atoms with Gasteiger partial charge in [0.25, 0.3) is 5.88 Å². The highest BCUT2D eigenvalue weighted by molar-refractivity contribution is 6.33. The first-order chi connectivity index (χ1) is 15.9. The zero-order valence-electron chi connectivity index (χ0n) is 18.1. The van der Waals surface area contributed by atoms with Crippen LogP contribution in [0.1, 0.15) is 24.0 Å². The van der Waals surface area contributed by atoms with E-state index in [-0.39, 0.29) is 11.7 Å². The summed E-state index contributed by atoms with van der Waals surface area (Å²) in [5, 5.41) is 19.0. The van der Waals surface area contributed by atoms with E-state index in [0.29, 0.717) is 52.7 Å². The van der Waals surface area contributed by atoms with Gasteiger partial charge in [0.15, 0.2) is 11.5 Å². The van der Waals surface area contributed by atoms with E-state index in [1.807, 2.05) is 26.0 Å². The minimum Gasteiger partial charge on any atom is -0.490 e. The number of nitrogens with zero attached hydrogens (tertiary/aromatic N) is 6. The lowest BCUT2D eigenvalue weighted by atomic mass is 10.2. The second-order valence-electron chi connectivity index (χ2n) is 7.00. The van der Waals surface area contributed by atoms with Crippen molar-refractivity contribution in [2.24, 2.45) is 0 Å². The number of nitro groups is 1. The topological polar surface area (TPSA) is 130 Å². The highest BCUT2D eigenvalue weighted by Gasteiger charge is 2.18. The van der Waals surface area contributed by atoms with Gasteiger partial charge in [0.05, 0.1) is 12.3 Å². The van der Waals surface area contributed by atoms with Gasteiger partial charge in [-0.2, -0.15) is 0 Å². The number of rotatable bonds is 8. The van der Waals surface area contributed by atoms with E-state index in [1.54, 1.807) is 25.1 Å². The first-order valence-electron chi connectivity index (χ1n) is 10.0. The van der Waals surface area contributed by atoms with Gasteiger partial charge in [-0.1, -0.05) is 22.2 Å². The molecule has 0 amide bonds. The standard InChI is InChI=1S/C21H20ClN7O4/c1-4-32-16-9-14(10-24-21-20(22)12(2)25-13(3)26-21)5-6-15(16)33-18-8-7-17-23-11-19(29(30)31)28(17)27-18/h5-9,11H,4,10H2,1-3H3,(H,24,25,26). The minimum atomic E-state index is -0.558. The number of halogens is 1. The van der Waals surface area contributed by atoms with E-state index in [1.165, 1.54) is 0 Å². The molecule has 1 N–H and O–H groups in total. The number of imidazole rings is 1. The molecule has 170 valence electrons. The minimum absolute atomic E-state index is 0.161. The summed E-state index contributed by atoms with van der Waals surface area (Å²) in [7, 11) is 0. The highest BCUT2D eigenvalue weighted by Crippen LogP contribution is 2.33. The largest absolute Gasteiger partial charge is 0.490 e. The monoisotopic (exact) mass is 469 g/mol. The van der Waals surface area contributed by atoms with Crippen LogP contribution < -0.4 is 14.8 Å². The predicted molar refractivity (Wildman–Crippen MR) is 121 cm³/mol. The summed E-state index contributed by atoms with van der Waals surface area (Å²) in [6.07, 6.45) is 1.15. The quantitative estimate of drug-likeness (QED) is 0.292. The van der Waals surface area contributed by atoms with E-state index in [9.17, 15) is 10.1 Å². The van der Waals surface area contributed by atoms with E-state index < -0.39 is 4.92 Å². The molecule has 0 aliphatic heterocycles. The summed E-state index contributed by atoms with van der Waals surface area (Å²) >= 11 is 6.30. The fraction of sp³-hybridized carbons (Fsp3) is 0.238. The number of nitrogens with one attached hydrogen (secondary N) is 1. The van der Waals surface area contributed by atoms with Crippen LogP contribution in [0.15, 0.2) is 36.5 Å². The Kier molecular flexibility index (Phi) is 6.22. The Morgan fingerprint density at radius 1 is 1.18 bits per heavy atom. The van der Waals surface area contributed by atoms with Crippen LogP contribution in [0.4, 0.5) is 11.6 Å². The molecule has 0 unspecified atom stereocenters. The second-order valence-corrected chi connectivity index (χ2v) is 7.38. The Hall–Kier alpha value is -3.99. The van der Waals surface area contributed by atoms with Gasteiger partial charge in [0.1, 0.15) is 22.9 Å². The number of ether oxygens (including phenoxy) is 2. The molecular formula is C21H20ClN7O4.